The summed E-state index contributed by atoms with van der Waals surface area (Å²) in [5, 5.41) is 6.11. The molecule has 0 bridgehead atoms. The van der Waals surface area contributed by atoms with Crippen LogP contribution >= 0.6 is 11.3 Å². The largest absolute Gasteiger partial charge is 0.493 e. The van der Waals surface area contributed by atoms with Crippen LogP contribution in [0, 0.1) is 6.92 Å². The van der Waals surface area contributed by atoms with Gasteiger partial charge in [0.1, 0.15) is 0 Å². The number of ether oxygens (including phenoxy) is 3. The summed E-state index contributed by atoms with van der Waals surface area (Å²) >= 11 is 1.32. The third-order valence-corrected chi connectivity index (χ3v) is 10.1. The normalized spacial score (nSPS) is 11.7. The lowest BCUT2D eigenvalue weighted by molar-refractivity contribution is 0.0987. The van der Waals surface area contributed by atoms with Crippen LogP contribution in [0.4, 0.5) is 5.13 Å². The maximum Gasteiger partial charge on any atom is 0.280 e. The van der Waals surface area contributed by atoms with Gasteiger partial charge < -0.3 is 14.2 Å². The number of methoxy groups -OCH3 is 3. The van der Waals surface area contributed by atoms with E-state index in [1.165, 1.54) is 72.5 Å². The van der Waals surface area contributed by atoms with Crippen molar-refractivity contribution in [2.75, 3.05) is 32.9 Å². The molecule has 0 radical (unpaired) electrons. The molecule has 0 aliphatic carbocycles. The van der Waals surface area contributed by atoms with Crippen LogP contribution in [0.5, 0.6) is 17.2 Å². The van der Waals surface area contributed by atoms with Crippen LogP contribution in [-0.2, 0) is 16.6 Å². The summed E-state index contributed by atoms with van der Waals surface area (Å²) in [4.78, 5) is 18.8. The molecule has 0 aliphatic heterocycles. The van der Waals surface area contributed by atoms with E-state index in [2.05, 4.69) is 10.1 Å². The van der Waals surface area contributed by atoms with Gasteiger partial charge in [-0.25, -0.2) is 13.4 Å². The molecule has 238 valence electrons. The zero-order valence-electron chi connectivity index (χ0n) is 26.1. The molecule has 0 atom stereocenters. The fraction of sp³-hybridized carbons (Fsp3) is 0.206. The van der Waals surface area contributed by atoms with Gasteiger partial charge in [0.15, 0.2) is 11.5 Å². The average molecular weight is 659 g/mol. The standard InChI is InChI=1S/C34H34N4O6S2/c1-6-37(22-24-10-8-7-9-11-24)46(40,41)27-15-13-26(14-16-27)33(39)38(34-36-28-17-12-23(2)18-31(28)45-34)35-21-25-19-29(42-3)32(44-5)30(20-25)43-4/h7-21H,6,22H2,1-5H3/b35-21+. The summed E-state index contributed by atoms with van der Waals surface area (Å²) in [6.45, 7) is 4.31. The third-order valence-electron chi connectivity index (χ3n) is 7.21. The number of fused-ring (bicyclic) bond motifs is 1. The number of carbonyl (C=O) groups excluding carboxylic acids is 1. The van der Waals surface area contributed by atoms with Crippen molar-refractivity contribution in [1.82, 2.24) is 9.29 Å². The first kappa shape index (κ1) is 32.6. The Bertz CT molecular complexity index is 1950. The van der Waals surface area contributed by atoms with Gasteiger partial charge in [-0.2, -0.15) is 14.4 Å². The Morgan fingerprint density at radius 1 is 0.913 bits per heavy atom. The van der Waals surface area contributed by atoms with Crippen LogP contribution < -0.4 is 19.2 Å². The Morgan fingerprint density at radius 3 is 2.20 bits per heavy atom. The van der Waals surface area contributed by atoms with Gasteiger partial charge in [0.05, 0.1) is 42.7 Å². The van der Waals surface area contributed by atoms with Gasteiger partial charge in [0.25, 0.3) is 5.91 Å². The van der Waals surface area contributed by atoms with E-state index in [-0.39, 0.29) is 17.0 Å². The number of aryl methyl sites for hydroxylation is 1. The number of hydrazone groups is 1. The van der Waals surface area contributed by atoms with Crippen LogP contribution in [0.1, 0.15) is 34.0 Å². The highest BCUT2D eigenvalue weighted by molar-refractivity contribution is 7.89. The highest BCUT2D eigenvalue weighted by Gasteiger charge is 2.26. The zero-order valence-corrected chi connectivity index (χ0v) is 27.8. The predicted octanol–water partition coefficient (Wildman–Crippen LogP) is 6.52. The first-order valence-corrected chi connectivity index (χ1v) is 16.6. The van der Waals surface area contributed by atoms with Gasteiger partial charge in [0.2, 0.25) is 20.9 Å². The Hall–Kier alpha value is -4.78. The number of hydrogen-bond donors (Lipinski definition) is 0. The highest BCUT2D eigenvalue weighted by atomic mass is 32.2. The Morgan fingerprint density at radius 2 is 1.59 bits per heavy atom. The monoisotopic (exact) mass is 658 g/mol. The van der Waals surface area contributed by atoms with Crippen LogP contribution in [0.15, 0.2) is 94.9 Å². The number of benzene rings is 4. The summed E-state index contributed by atoms with van der Waals surface area (Å²) in [5.74, 6) is 0.806. The molecule has 5 aromatic rings. The molecule has 0 N–H and O–H groups in total. The number of nitrogens with zero attached hydrogens (tertiary/aromatic N) is 4. The zero-order chi connectivity index (χ0) is 32.8. The molecular formula is C34H34N4O6S2. The Balaban J connectivity index is 1.49. The number of hydrogen-bond acceptors (Lipinski definition) is 9. The smallest absolute Gasteiger partial charge is 0.280 e. The molecular weight excluding hydrogens is 625 g/mol. The minimum Gasteiger partial charge on any atom is -0.493 e. The second-order valence-corrected chi connectivity index (χ2v) is 13.2. The molecule has 4 aromatic carbocycles. The first-order chi connectivity index (χ1) is 22.2. The number of amides is 1. The van der Waals surface area contributed by atoms with Gasteiger partial charge in [-0.1, -0.05) is 54.7 Å². The highest BCUT2D eigenvalue weighted by Crippen LogP contribution is 2.38. The second kappa shape index (κ2) is 14.1. The van der Waals surface area contributed by atoms with Gasteiger partial charge in [-0.15, -0.1) is 0 Å². The topological polar surface area (TPSA) is 111 Å². The van der Waals surface area contributed by atoms with Crippen molar-refractivity contribution < 1.29 is 27.4 Å². The predicted molar refractivity (Wildman–Crippen MR) is 181 cm³/mol. The van der Waals surface area contributed by atoms with Crippen molar-refractivity contribution in [1.29, 1.82) is 0 Å². The molecule has 1 heterocycles. The Labute approximate surface area is 272 Å². The Kier molecular flexibility index (Phi) is 10.0. The SMILES string of the molecule is CCN(Cc1ccccc1)S(=O)(=O)c1ccc(C(=O)N(/N=C/c2cc(OC)c(OC)c(OC)c2)c2nc3ccc(C)cc3s2)cc1. The van der Waals surface area contributed by atoms with Crippen LogP contribution in [0.25, 0.3) is 10.2 Å². The number of anilines is 1. The van der Waals surface area contributed by atoms with Gasteiger partial charge >= 0.3 is 0 Å². The number of carbonyl (C=O) groups is 1. The van der Waals surface area contributed by atoms with Gasteiger partial charge in [0, 0.05) is 24.2 Å². The van der Waals surface area contributed by atoms with E-state index in [1.54, 1.807) is 19.1 Å². The molecule has 1 aromatic heterocycles. The van der Waals surface area contributed by atoms with Crippen LogP contribution in [0.3, 0.4) is 0 Å². The van der Waals surface area contributed by atoms with E-state index >= 15 is 0 Å². The van der Waals surface area contributed by atoms with Gasteiger partial charge in [-0.05, 0) is 66.6 Å². The van der Waals surface area contributed by atoms with Crippen molar-refractivity contribution in [2.24, 2.45) is 5.10 Å². The van der Waals surface area contributed by atoms with E-state index in [4.69, 9.17) is 14.2 Å². The quantitative estimate of drug-likeness (QED) is 0.111. The lowest BCUT2D eigenvalue weighted by Crippen LogP contribution is -2.30. The fourth-order valence-electron chi connectivity index (χ4n) is 4.79. The third kappa shape index (κ3) is 6.89. The van der Waals surface area contributed by atoms with E-state index in [0.717, 1.165) is 21.3 Å². The van der Waals surface area contributed by atoms with Crippen molar-refractivity contribution in [3.05, 3.63) is 107 Å². The van der Waals surface area contributed by atoms with Crippen molar-refractivity contribution in [3.63, 3.8) is 0 Å². The molecule has 1 amide bonds. The summed E-state index contributed by atoms with van der Waals surface area (Å²) in [6, 6.07) is 24.5. The van der Waals surface area contributed by atoms with Crippen molar-refractivity contribution in [3.8, 4) is 17.2 Å². The molecule has 0 saturated carbocycles. The number of aromatic nitrogens is 1. The van der Waals surface area contributed by atoms with E-state index < -0.39 is 15.9 Å². The molecule has 12 heteroatoms. The minimum atomic E-state index is -3.82. The number of sulfonamides is 1. The number of rotatable bonds is 12. The van der Waals surface area contributed by atoms with E-state index in [0.29, 0.717) is 34.5 Å². The van der Waals surface area contributed by atoms with Crippen LogP contribution in [0.2, 0.25) is 0 Å². The molecule has 46 heavy (non-hydrogen) atoms. The maximum atomic E-state index is 14.0. The first-order valence-electron chi connectivity index (χ1n) is 14.4. The molecule has 0 fully saturated rings. The van der Waals surface area contributed by atoms with Crippen molar-refractivity contribution in [2.45, 2.75) is 25.3 Å². The molecule has 10 nitrogen and oxygen atoms in total. The maximum absolute atomic E-state index is 14.0. The number of thiazole rings is 1. The van der Waals surface area contributed by atoms with Crippen molar-refractivity contribution >= 4 is 48.8 Å². The minimum absolute atomic E-state index is 0.0877. The average Bonchev–Trinajstić information content (AvgIpc) is 3.49. The lowest BCUT2D eigenvalue weighted by atomic mass is 10.2. The molecule has 0 saturated heterocycles. The molecule has 0 aliphatic rings. The fourth-order valence-corrected chi connectivity index (χ4v) is 7.25. The summed E-state index contributed by atoms with van der Waals surface area (Å²) in [5.41, 5.74) is 3.50. The van der Waals surface area contributed by atoms with Gasteiger partial charge in [-0.3, -0.25) is 4.79 Å². The molecule has 0 spiro atoms. The molecule has 0 unspecified atom stereocenters. The lowest BCUT2D eigenvalue weighted by Gasteiger charge is -2.21. The summed E-state index contributed by atoms with van der Waals surface area (Å²) in [6.07, 6.45) is 1.50. The summed E-state index contributed by atoms with van der Waals surface area (Å²) in [7, 11) is 0.733. The van der Waals surface area contributed by atoms with E-state index in [9.17, 15) is 13.2 Å². The van der Waals surface area contributed by atoms with E-state index in [1.807, 2.05) is 55.5 Å². The molecule has 5 rings (SSSR count). The van der Waals surface area contributed by atoms with Crippen LogP contribution in [-0.4, -0.2) is 57.7 Å². The second-order valence-electron chi connectivity index (χ2n) is 10.2. The summed E-state index contributed by atoms with van der Waals surface area (Å²) < 4.78 is 45.7.